The maximum absolute atomic E-state index is 12.1. The predicted octanol–water partition coefficient (Wildman–Crippen LogP) is 2.61. The molecular weight excluding hydrogens is 616 g/mol. The van der Waals surface area contributed by atoms with Gasteiger partial charge in [-0.3, -0.25) is 24.0 Å². The number of rotatable bonds is 11. The minimum Gasteiger partial charge on any atom is -0.463 e. The number of carbonyl (C=O) groups is 3. The predicted molar refractivity (Wildman–Crippen MR) is 159 cm³/mol. The molecule has 44 heavy (non-hydrogen) atoms. The van der Waals surface area contributed by atoms with Crippen molar-refractivity contribution in [3.05, 3.63) is 47.8 Å². The fraction of sp³-hybridized carbons (Fsp3) is 0.370. The van der Waals surface area contributed by atoms with E-state index in [0.29, 0.717) is 23.6 Å². The van der Waals surface area contributed by atoms with Crippen molar-refractivity contribution in [2.75, 3.05) is 11.9 Å². The second-order valence-electron chi connectivity index (χ2n) is 9.74. The van der Waals surface area contributed by atoms with Crippen LogP contribution < -0.4 is 5.32 Å². The van der Waals surface area contributed by atoms with Crippen molar-refractivity contribution < 1.29 is 33.3 Å². The van der Waals surface area contributed by atoms with Gasteiger partial charge in [0, 0.05) is 38.1 Å². The second kappa shape index (κ2) is 13.4. The van der Waals surface area contributed by atoms with Crippen LogP contribution in [0.2, 0.25) is 5.28 Å². The Morgan fingerprint density at radius 2 is 1.82 bits per heavy atom. The fourth-order valence-electron chi connectivity index (χ4n) is 4.71. The number of aromatic nitrogens is 7. The molecule has 0 amide bonds. The van der Waals surface area contributed by atoms with Crippen molar-refractivity contribution in [3.63, 3.8) is 0 Å². The third-order valence-electron chi connectivity index (χ3n) is 6.47. The van der Waals surface area contributed by atoms with E-state index in [2.05, 4.69) is 35.5 Å². The quantitative estimate of drug-likeness (QED) is 0.105. The zero-order valence-electron chi connectivity index (χ0n) is 23.7. The Bertz CT molecular complexity index is 1680. The van der Waals surface area contributed by atoms with E-state index in [1.165, 1.54) is 37.0 Å². The van der Waals surface area contributed by atoms with Crippen molar-refractivity contribution in [3.8, 4) is 11.4 Å². The minimum atomic E-state index is -1.14. The van der Waals surface area contributed by atoms with Gasteiger partial charge in [0.25, 0.3) is 0 Å². The summed E-state index contributed by atoms with van der Waals surface area (Å²) in [7, 11) is 0. The first-order valence-corrected chi connectivity index (χ1v) is 14.2. The van der Waals surface area contributed by atoms with Crippen LogP contribution in [0, 0.1) is 0 Å². The van der Waals surface area contributed by atoms with E-state index in [0.717, 1.165) is 5.56 Å². The average Bonchev–Trinajstić information content (AvgIpc) is 3.70. The number of hydrogen-bond donors (Lipinski definition) is 2. The molecule has 0 radical (unpaired) electrons. The van der Waals surface area contributed by atoms with Crippen LogP contribution in [0.3, 0.4) is 0 Å². The molecule has 15 nitrogen and oxygen atoms in total. The molecule has 0 aliphatic carbocycles. The van der Waals surface area contributed by atoms with Crippen molar-refractivity contribution in [1.82, 2.24) is 34.7 Å². The molecular formula is C27H27ClN8O7S. The Hall–Kier alpha value is -4.54. The number of nitrogens with zero attached hydrogens (tertiary/aromatic N) is 6. The summed E-state index contributed by atoms with van der Waals surface area (Å²) < 4.78 is 23.7. The van der Waals surface area contributed by atoms with Gasteiger partial charge in [0.1, 0.15) is 18.5 Å². The highest BCUT2D eigenvalue weighted by Gasteiger charge is 2.51. The number of benzene rings is 1. The molecule has 0 saturated carbocycles. The largest absolute Gasteiger partial charge is 0.463 e. The number of esters is 3. The number of H-pyrrole nitrogens is 1. The first kappa shape index (κ1) is 30.9. The molecule has 0 bridgehead atoms. The number of anilines is 1. The second-order valence-corrected chi connectivity index (χ2v) is 10.4. The zero-order valence-corrected chi connectivity index (χ0v) is 25.2. The average molecular weight is 643 g/mol. The van der Waals surface area contributed by atoms with E-state index in [4.69, 9.17) is 42.8 Å². The molecule has 1 fully saturated rings. The minimum absolute atomic E-state index is 0.120. The summed E-state index contributed by atoms with van der Waals surface area (Å²) in [5.74, 6) is -0.468. The third-order valence-corrected chi connectivity index (χ3v) is 6.97. The Morgan fingerprint density at radius 1 is 1.09 bits per heavy atom. The van der Waals surface area contributed by atoms with Gasteiger partial charge < -0.3 is 24.3 Å². The summed E-state index contributed by atoms with van der Waals surface area (Å²) in [6.45, 7) is 3.37. The van der Waals surface area contributed by atoms with Crippen LogP contribution in [0.5, 0.6) is 0 Å². The highest BCUT2D eigenvalue weighted by Crippen LogP contribution is 2.37. The summed E-state index contributed by atoms with van der Waals surface area (Å²) in [6, 6.07) is 9.08. The van der Waals surface area contributed by atoms with Crippen molar-refractivity contribution in [1.29, 1.82) is 0 Å². The number of imidazole rings is 1. The van der Waals surface area contributed by atoms with Crippen LogP contribution in [0.15, 0.2) is 36.7 Å². The van der Waals surface area contributed by atoms with Gasteiger partial charge in [0.05, 0.1) is 12.4 Å². The van der Waals surface area contributed by atoms with Crippen LogP contribution >= 0.6 is 23.8 Å². The number of ether oxygens (including phenoxy) is 4. The molecule has 17 heteroatoms. The van der Waals surface area contributed by atoms with Gasteiger partial charge in [-0.1, -0.05) is 42.5 Å². The Morgan fingerprint density at radius 3 is 2.50 bits per heavy atom. The Kier molecular flexibility index (Phi) is 9.41. The van der Waals surface area contributed by atoms with Gasteiger partial charge >= 0.3 is 17.9 Å². The summed E-state index contributed by atoms with van der Waals surface area (Å²) >= 11 is 11.6. The maximum atomic E-state index is 12.1. The van der Waals surface area contributed by atoms with E-state index in [9.17, 15) is 14.4 Å². The number of thiocarbonyl (C=S) groups is 1. The van der Waals surface area contributed by atoms with Crippen LogP contribution in [0.4, 0.5) is 5.82 Å². The molecule has 1 aliphatic heterocycles. The molecule has 0 spiro atoms. The molecule has 2 N–H and O–H groups in total. The fourth-order valence-corrected chi connectivity index (χ4v) is 5.04. The SMILES string of the molecule is CC(=O)OC[C@H]1O[C@@H](n2cnc3c(N[C@@H](C=S)Cc4nc(-c5ccccc5)n[nH]4)nc(Cl)nc32)[C@H](OC(C)=O)[C@@H]1OC(C)=O. The molecule has 4 aromatic rings. The molecule has 4 heterocycles. The van der Waals surface area contributed by atoms with Crippen LogP contribution in [-0.4, -0.2) is 88.9 Å². The van der Waals surface area contributed by atoms with Crippen LogP contribution in [0.1, 0.15) is 32.8 Å². The number of hydrogen-bond acceptors (Lipinski definition) is 14. The van der Waals surface area contributed by atoms with Crippen LogP contribution in [-0.2, 0) is 39.8 Å². The molecule has 1 aliphatic rings. The lowest BCUT2D eigenvalue weighted by Crippen LogP contribution is -2.40. The van der Waals surface area contributed by atoms with E-state index in [-0.39, 0.29) is 23.4 Å². The summed E-state index contributed by atoms with van der Waals surface area (Å²) in [4.78, 5) is 53.2. The van der Waals surface area contributed by atoms with E-state index in [1.54, 1.807) is 0 Å². The Balaban J connectivity index is 1.43. The number of fused-ring (bicyclic) bond motifs is 1. The van der Waals surface area contributed by atoms with Crippen LogP contribution in [0.25, 0.3) is 22.6 Å². The molecule has 5 rings (SSSR count). The monoisotopic (exact) mass is 642 g/mol. The van der Waals surface area contributed by atoms with E-state index in [1.807, 2.05) is 30.3 Å². The molecule has 1 aromatic carbocycles. The third kappa shape index (κ3) is 6.98. The van der Waals surface area contributed by atoms with Crippen molar-refractivity contribution in [2.45, 2.75) is 57.8 Å². The van der Waals surface area contributed by atoms with E-state index >= 15 is 0 Å². The highest BCUT2D eigenvalue weighted by molar-refractivity contribution is 7.79. The lowest BCUT2D eigenvalue weighted by molar-refractivity contribution is -0.166. The first-order valence-electron chi connectivity index (χ1n) is 13.3. The summed E-state index contributed by atoms with van der Waals surface area (Å²) in [5, 5.41) is 11.8. The van der Waals surface area contributed by atoms with Gasteiger partial charge in [-0.25, -0.2) is 9.97 Å². The summed E-state index contributed by atoms with van der Waals surface area (Å²) in [6.07, 6.45) is -2.55. The Labute approximate surface area is 260 Å². The van der Waals surface area contributed by atoms with Crippen molar-refractivity contribution in [2.24, 2.45) is 0 Å². The lowest BCUT2D eigenvalue weighted by atomic mass is 10.1. The van der Waals surface area contributed by atoms with Gasteiger partial charge in [0.15, 0.2) is 41.2 Å². The van der Waals surface area contributed by atoms with Crippen molar-refractivity contribution >= 4 is 64.1 Å². The molecule has 1 saturated heterocycles. The van der Waals surface area contributed by atoms with Gasteiger partial charge in [-0.05, 0) is 11.6 Å². The smallest absolute Gasteiger partial charge is 0.303 e. The van der Waals surface area contributed by atoms with Gasteiger partial charge in [-0.15, -0.1) is 0 Å². The molecule has 5 atom stereocenters. The zero-order chi connectivity index (χ0) is 31.4. The topological polar surface area (TPSA) is 185 Å². The lowest BCUT2D eigenvalue weighted by Gasteiger charge is -2.23. The number of carbonyl (C=O) groups excluding carboxylic acids is 3. The first-order chi connectivity index (χ1) is 21.1. The van der Waals surface area contributed by atoms with E-state index < -0.39 is 48.5 Å². The van der Waals surface area contributed by atoms with Gasteiger partial charge in [-0.2, -0.15) is 15.1 Å². The standard InChI is InChI=1S/C27H27ClN8O7S/c1-13(37)40-10-18-21(41-14(2)38)22(42-15(3)39)26(43-18)36-12-29-20-24(32-27(28)33-25(20)36)30-17(11-44)9-19-31-23(35-34-19)16-7-5-4-6-8-16/h4-8,11-12,17-18,21-22,26H,9-10H2,1-3H3,(H,30,32,33)(H,31,34,35)/t17-,18-,21-,22-,26-/m1/s1. The number of nitrogens with one attached hydrogen (secondary N) is 2. The molecule has 230 valence electrons. The number of halogens is 1. The number of aromatic amines is 1. The normalized spacial score (nSPS) is 20.2. The highest BCUT2D eigenvalue weighted by atomic mass is 35.5. The summed E-state index contributed by atoms with van der Waals surface area (Å²) in [5.41, 5.74) is 1.39. The van der Waals surface area contributed by atoms with Gasteiger partial charge in [0.2, 0.25) is 5.28 Å². The maximum Gasteiger partial charge on any atom is 0.303 e. The molecule has 0 unspecified atom stereocenters. The molecule has 3 aromatic heterocycles.